The summed E-state index contributed by atoms with van der Waals surface area (Å²) in [5.41, 5.74) is 1.42. The van der Waals surface area contributed by atoms with Gasteiger partial charge in [-0.05, 0) is 38.4 Å². The van der Waals surface area contributed by atoms with E-state index in [-0.39, 0.29) is 0 Å². The Kier molecular flexibility index (Phi) is 5.01. The highest BCUT2D eigenvalue weighted by molar-refractivity contribution is 7.09. The zero-order chi connectivity index (χ0) is 14.5. The van der Waals surface area contributed by atoms with Crippen molar-refractivity contribution in [1.29, 1.82) is 0 Å². The molecule has 2 unspecified atom stereocenters. The molecule has 21 heavy (non-hydrogen) atoms. The number of hydrogen-bond donors (Lipinski definition) is 1. The first-order valence-corrected chi connectivity index (χ1v) is 8.64. The average molecular weight is 301 g/mol. The van der Waals surface area contributed by atoms with E-state index in [1.807, 2.05) is 11.6 Å². The van der Waals surface area contributed by atoms with Gasteiger partial charge < -0.3 is 5.32 Å². The second kappa shape index (κ2) is 7.16. The van der Waals surface area contributed by atoms with Crippen LogP contribution in [0.2, 0.25) is 0 Å². The summed E-state index contributed by atoms with van der Waals surface area (Å²) in [7, 11) is 0. The van der Waals surface area contributed by atoms with E-state index >= 15 is 0 Å². The molecular weight excluding hydrogens is 278 g/mol. The number of nitrogens with one attached hydrogen (secondary N) is 1. The Labute approximate surface area is 131 Å². The van der Waals surface area contributed by atoms with E-state index in [1.54, 1.807) is 11.3 Å². The van der Waals surface area contributed by atoms with Crippen LogP contribution < -0.4 is 5.32 Å². The Hall–Kier alpha value is -1.23. The molecule has 3 nitrogen and oxygen atoms in total. The molecule has 0 saturated carbocycles. The number of aromatic nitrogens is 1. The van der Waals surface area contributed by atoms with Gasteiger partial charge in [-0.2, -0.15) is 0 Å². The van der Waals surface area contributed by atoms with Crippen LogP contribution >= 0.6 is 11.3 Å². The molecule has 1 aliphatic heterocycles. The molecule has 2 aromatic rings. The summed E-state index contributed by atoms with van der Waals surface area (Å²) in [6.45, 7) is 5.61. The highest BCUT2D eigenvalue weighted by Crippen LogP contribution is 2.25. The van der Waals surface area contributed by atoms with Crippen molar-refractivity contribution in [2.45, 2.75) is 31.8 Å². The van der Waals surface area contributed by atoms with Crippen molar-refractivity contribution < 1.29 is 0 Å². The van der Waals surface area contributed by atoms with Gasteiger partial charge in [0, 0.05) is 24.2 Å². The lowest BCUT2D eigenvalue weighted by Gasteiger charge is -2.29. The van der Waals surface area contributed by atoms with Crippen LogP contribution in [0.5, 0.6) is 0 Å². The first kappa shape index (κ1) is 14.7. The second-order valence-electron chi connectivity index (χ2n) is 5.67. The van der Waals surface area contributed by atoms with Gasteiger partial charge in [0.25, 0.3) is 0 Å². The lowest BCUT2D eigenvalue weighted by molar-refractivity contribution is 0.234. The van der Waals surface area contributed by atoms with Crippen LogP contribution in [0.3, 0.4) is 0 Å². The van der Waals surface area contributed by atoms with E-state index < -0.39 is 0 Å². The van der Waals surface area contributed by atoms with Gasteiger partial charge in [-0.15, -0.1) is 11.3 Å². The van der Waals surface area contributed by atoms with Crippen molar-refractivity contribution in [2.24, 2.45) is 0 Å². The summed E-state index contributed by atoms with van der Waals surface area (Å²) in [5, 5.41) is 6.88. The standard InChI is InChI=1S/C17H23N3S/c1-14(17-18-9-12-21-17)19-13-16(20-10-5-6-11-20)15-7-3-2-4-8-15/h2-4,7-9,12,14,16,19H,5-6,10-11,13H2,1H3. The summed E-state index contributed by atoms with van der Waals surface area (Å²) in [4.78, 5) is 7.01. The zero-order valence-corrected chi connectivity index (χ0v) is 13.4. The molecule has 0 amide bonds. The van der Waals surface area contributed by atoms with Crippen molar-refractivity contribution >= 4 is 11.3 Å². The number of likely N-dealkylation sites (tertiary alicyclic amines) is 1. The van der Waals surface area contributed by atoms with Crippen LogP contribution in [0.25, 0.3) is 0 Å². The van der Waals surface area contributed by atoms with Gasteiger partial charge in [-0.3, -0.25) is 4.90 Å². The fourth-order valence-electron chi connectivity index (χ4n) is 3.01. The van der Waals surface area contributed by atoms with Crippen LogP contribution in [0.4, 0.5) is 0 Å². The van der Waals surface area contributed by atoms with Gasteiger partial charge in [0.1, 0.15) is 5.01 Å². The Morgan fingerprint density at radius 2 is 2.00 bits per heavy atom. The molecule has 0 aliphatic carbocycles. The predicted molar refractivity (Wildman–Crippen MR) is 88.5 cm³/mol. The van der Waals surface area contributed by atoms with Crippen LogP contribution in [-0.2, 0) is 0 Å². The molecule has 112 valence electrons. The Morgan fingerprint density at radius 1 is 1.24 bits per heavy atom. The molecular formula is C17H23N3S. The van der Waals surface area contributed by atoms with Gasteiger partial charge in [0.2, 0.25) is 0 Å². The zero-order valence-electron chi connectivity index (χ0n) is 12.5. The van der Waals surface area contributed by atoms with Gasteiger partial charge in [0.15, 0.2) is 0 Å². The minimum atomic E-state index is 0.318. The number of rotatable bonds is 6. The van der Waals surface area contributed by atoms with Crippen molar-refractivity contribution in [1.82, 2.24) is 15.2 Å². The maximum absolute atomic E-state index is 4.41. The number of nitrogens with zero attached hydrogens (tertiary/aromatic N) is 2. The molecule has 0 spiro atoms. The van der Waals surface area contributed by atoms with Crippen LogP contribution in [0.15, 0.2) is 41.9 Å². The fraction of sp³-hybridized carbons (Fsp3) is 0.471. The van der Waals surface area contributed by atoms with Crippen molar-refractivity contribution in [3.63, 3.8) is 0 Å². The lowest BCUT2D eigenvalue weighted by atomic mass is 10.1. The Bertz CT molecular complexity index is 520. The summed E-state index contributed by atoms with van der Waals surface area (Å²) in [6.07, 6.45) is 4.53. The molecule has 0 bridgehead atoms. The quantitative estimate of drug-likeness (QED) is 0.883. The maximum atomic E-state index is 4.41. The first-order chi connectivity index (χ1) is 10.3. The fourth-order valence-corrected chi connectivity index (χ4v) is 3.68. The molecule has 1 aliphatic rings. The lowest BCUT2D eigenvalue weighted by Crippen LogP contribution is -2.35. The smallest absolute Gasteiger partial charge is 0.109 e. The average Bonchev–Trinajstić information content (AvgIpc) is 3.22. The summed E-state index contributed by atoms with van der Waals surface area (Å²) in [5.74, 6) is 0. The van der Waals surface area contributed by atoms with Crippen molar-refractivity contribution in [3.05, 3.63) is 52.5 Å². The normalized spacial score (nSPS) is 18.7. The topological polar surface area (TPSA) is 28.2 Å². The molecule has 3 rings (SSSR count). The summed E-state index contributed by atoms with van der Waals surface area (Å²) >= 11 is 1.72. The third kappa shape index (κ3) is 3.70. The van der Waals surface area contributed by atoms with E-state index in [9.17, 15) is 0 Å². The largest absolute Gasteiger partial charge is 0.306 e. The number of hydrogen-bond acceptors (Lipinski definition) is 4. The van der Waals surface area contributed by atoms with Gasteiger partial charge in [-0.1, -0.05) is 30.3 Å². The molecule has 4 heteroatoms. The van der Waals surface area contributed by atoms with Crippen molar-refractivity contribution in [3.8, 4) is 0 Å². The van der Waals surface area contributed by atoms with E-state index in [4.69, 9.17) is 0 Å². The predicted octanol–water partition coefficient (Wildman–Crippen LogP) is 3.63. The molecule has 1 saturated heterocycles. The van der Waals surface area contributed by atoms with Crippen molar-refractivity contribution in [2.75, 3.05) is 19.6 Å². The Balaban J connectivity index is 1.67. The summed E-state index contributed by atoms with van der Waals surface area (Å²) in [6, 6.07) is 11.7. The van der Waals surface area contributed by atoms with E-state index in [0.717, 1.165) is 6.54 Å². The summed E-state index contributed by atoms with van der Waals surface area (Å²) < 4.78 is 0. The molecule has 1 aromatic heterocycles. The third-order valence-corrected chi connectivity index (χ3v) is 5.16. The van der Waals surface area contributed by atoms with E-state index in [2.05, 4.69) is 52.5 Å². The highest BCUT2D eigenvalue weighted by atomic mass is 32.1. The minimum Gasteiger partial charge on any atom is -0.306 e. The highest BCUT2D eigenvalue weighted by Gasteiger charge is 2.23. The molecule has 2 heterocycles. The monoisotopic (exact) mass is 301 g/mol. The SMILES string of the molecule is CC(NCC(c1ccccc1)N1CCCC1)c1nccs1. The third-order valence-electron chi connectivity index (χ3n) is 4.21. The van der Waals surface area contributed by atoms with Crippen LogP contribution in [-0.4, -0.2) is 29.5 Å². The van der Waals surface area contributed by atoms with E-state index in [0.29, 0.717) is 12.1 Å². The number of benzene rings is 1. The molecule has 0 radical (unpaired) electrons. The van der Waals surface area contributed by atoms with Gasteiger partial charge in [-0.25, -0.2) is 4.98 Å². The minimum absolute atomic E-state index is 0.318. The van der Waals surface area contributed by atoms with Crippen LogP contribution in [0, 0.1) is 0 Å². The van der Waals surface area contributed by atoms with Crippen LogP contribution in [0.1, 0.15) is 42.4 Å². The second-order valence-corrected chi connectivity index (χ2v) is 6.60. The molecule has 1 N–H and O–H groups in total. The van der Waals surface area contributed by atoms with Gasteiger partial charge in [0.05, 0.1) is 6.04 Å². The Morgan fingerprint density at radius 3 is 2.67 bits per heavy atom. The van der Waals surface area contributed by atoms with Gasteiger partial charge >= 0.3 is 0 Å². The molecule has 1 aromatic carbocycles. The molecule has 2 atom stereocenters. The number of thiazole rings is 1. The maximum Gasteiger partial charge on any atom is 0.109 e. The van der Waals surface area contributed by atoms with E-state index in [1.165, 1.54) is 36.5 Å². The first-order valence-electron chi connectivity index (χ1n) is 7.76. The molecule has 1 fully saturated rings.